The van der Waals surface area contributed by atoms with Crippen LogP contribution in [0.25, 0.3) is 0 Å². The molecule has 8 nitrogen and oxygen atoms in total. The maximum absolute atomic E-state index is 13.2. The maximum atomic E-state index is 13.2. The van der Waals surface area contributed by atoms with Gasteiger partial charge in [0.1, 0.15) is 11.4 Å². The van der Waals surface area contributed by atoms with E-state index in [-0.39, 0.29) is 29.3 Å². The smallest absolute Gasteiger partial charge is 0.326 e. The number of carbonyl (C=O) groups excluding carboxylic acids is 4. The molecule has 0 atom stereocenters. The van der Waals surface area contributed by atoms with Gasteiger partial charge >= 0.3 is 6.03 Å². The van der Waals surface area contributed by atoms with Gasteiger partial charge in [-0.2, -0.15) is 0 Å². The van der Waals surface area contributed by atoms with Crippen LogP contribution in [0.5, 0.6) is 0 Å². The zero-order chi connectivity index (χ0) is 21.8. The highest BCUT2D eigenvalue weighted by Gasteiger charge is 2.36. The number of allylic oxidation sites excluding steroid dienone is 2. The summed E-state index contributed by atoms with van der Waals surface area (Å²) in [6, 6.07) is 5.85. The molecule has 0 aromatic heterocycles. The molecule has 0 spiro atoms. The standard InChI is InChI=1S/C23H28N4O4/c28-18(15-26-11-5-1-6-12-26)24-23(31)25-19-20(27-13-7-2-8-14-27)22(30)17-10-4-3-9-16(17)21(19)29/h3-4,9-10H,1-2,5-8,11-15H2,(H2,24,25,28,31). The summed E-state index contributed by atoms with van der Waals surface area (Å²) in [6.45, 7) is 3.11. The number of hydrogen-bond donors (Lipinski definition) is 2. The monoisotopic (exact) mass is 424 g/mol. The van der Waals surface area contributed by atoms with Gasteiger partial charge in [-0.05, 0) is 45.2 Å². The fourth-order valence-corrected chi connectivity index (χ4v) is 4.53. The van der Waals surface area contributed by atoms with Crippen LogP contribution in [0.4, 0.5) is 4.79 Å². The molecular formula is C23H28N4O4. The van der Waals surface area contributed by atoms with E-state index in [9.17, 15) is 19.2 Å². The average molecular weight is 425 g/mol. The summed E-state index contributed by atoms with van der Waals surface area (Å²) in [7, 11) is 0. The largest absolute Gasteiger partial charge is 0.367 e. The number of urea groups is 1. The van der Waals surface area contributed by atoms with Crippen LogP contribution in [-0.4, -0.2) is 66.0 Å². The van der Waals surface area contributed by atoms with Crippen molar-refractivity contribution in [3.05, 3.63) is 46.8 Å². The lowest BCUT2D eigenvalue weighted by atomic mass is 9.89. The molecule has 2 saturated heterocycles. The van der Waals surface area contributed by atoms with E-state index in [4.69, 9.17) is 0 Å². The van der Waals surface area contributed by atoms with E-state index in [1.54, 1.807) is 24.3 Å². The summed E-state index contributed by atoms with van der Waals surface area (Å²) in [6.07, 6.45) is 6.14. The second kappa shape index (κ2) is 9.43. The Morgan fingerprint density at radius 1 is 0.806 bits per heavy atom. The minimum absolute atomic E-state index is 0.0473. The first kappa shape index (κ1) is 21.2. The van der Waals surface area contributed by atoms with Crippen molar-refractivity contribution in [3.8, 4) is 0 Å². The third kappa shape index (κ3) is 4.69. The summed E-state index contributed by atoms with van der Waals surface area (Å²) in [5.74, 6) is -1.10. The van der Waals surface area contributed by atoms with Crippen molar-refractivity contribution in [1.29, 1.82) is 0 Å². The number of rotatable bonds is 4. The SMILES string of the molecule is O=C(CN1CCCCC1)NC(=O)NC1=C(N2CCCCC2)C(=O)c2ccccc2C1=O. The van der Waals surface area contributed by atoms with Crippen LogP contribution in [0.2, 0.25) is 0 Å². The molecule has 1 aromatic rings. The molecule has 31 heavy (non-hydrogen) atoms. The quantitative estimate of drug-likeness (QED) is 0.768. The Morgan fingerprint density at radius 3 is 2.03 bits per heavy atom. The first-order valence-corrected chi connectivity index (χ1v) is 11.1. The van der Waals surface area contributed by atoms with Gasteiger partial charge in [-0.15, -0.1) is 0 Å². The van der Waals surface area contributed by atoms with Gasteiger partial charge in [0.25, 0.3) is 0 Å². The van der Waals surface area contributed by atoms with Crippen molar-refractivity contribution in [2.45, 2.75) is 38.5 Å². The summed E-state index contributed by atoms with van der Waals surface area (Å²) in [5, 5.41) is 4.84. The van der Waals surface area contributed by atoms with Crippen molar-refractivity contribution in [3.63, 3.8) is 0 Å². The Labute approximate surface area is 181 Å². The topological polar surface area (TPSA) is 98.8 Å². The molecule has 0 radical (unpaired) electrons. The van der Waals surface area contributed by atoms with Crippen molar-refractivity contribution in [2.24, 2.45) is 0 Å². The molecule has 2 aliphatic heterocycles. The number of nitrogens with one attached hydrogen (secondary N) is 2. The normalized spacial score (nSPS) is 19.8. The summed E-state index contributed by atoms with van der Waals surface area (Å²) in [5.41, 5.74) is 0.791. The van der Waals surface area contributed by atoms with E-state index in [0.29, 0.717) is 18.7 Å². The third-order valence-electron chi connectivity index (χ3n) is 6.07. The molecule has 1 aliphatic carbocycles. The number of imide groups is 1. The van der Waals surface area contributed by atoms with E-state index < -0.39 is 17.7 Å². The zero-order valence-corrected chi connectivity index (χ0v) is 17.6. The molecule has 3 aliphatic rings. The van der Waals surface area contributed by atoms with Crippen LogP contribution in [0.1, 0.15) is 59.2 Å². The van der Waals surface area contributed by atoms with Crippen LogP contribution in [0.3, 0.4) is 0 Å². The highest BCUT2D eigenvalue weighted by atomic mass is 16.2. The number of amides is 3. The molecule has 0 saturated carbocycles. The van der Waals surface area contributed by atoms with Gasteiger partial charge in [-0.3, -0.25) is 24.6 Å². The lowest BCUT2D eigenvalue weighted by Gasteiger charge is -2.34. The Bertz CT molecular complexity index is 927. The van der Waals surface area contributed by atoms with E-state index in [1.807, 2.05) is 9.80 Å². The molecular weight excluding hydrogens is 396 g/mol. The van der Waals surface area contributed by atoms with E-state index in [1.165, 1.54) is 0 Å². The van der Waals surface area contributed by atoms with Crippen LogP contribution < -0.4 is 10.6 Å². The minimum Gasteiger partial charge on any atom is -0.367 e. The summed E-state index contributed by atoms with van der Waals surface area (Å²) < 4.78 is 0. The fourth-order valence-electron chi connectivity index (χ4n) is 4.53. The number of likely N-dealkylation sites (tertiary alicyclic amines) is 2. The van der Waals surface area contributed by atoms with Gasteiger partial charge in [0.05, 0.1) is 6.54 Å². The van der Waals surface area contributed by atoms with Gasteiger partial charge in [0.2, 0.25) is 17.5 Å². The first-order chi connectivity index (χ1) is 15.0. The van der Waals surface area contributed by atoms with Gasteiger partial charge in [-0.25, -0.2) is 4.79 Å². The highest BCUT2D eigenvalue weighted by Crippen LogP contribution is 2.29. The lowest BCUT2D eigenvalue weighted by Crippen LogP contribution is -2.48. The molecule has 2 heterocycles. The van der Waals surface area contributed by atoms with Gasteiger partial charge in [0.15, 0.2) is 0 Å². The van der Waals surface area contributed by atoms with E-state index in [0.717, 1.165) is 51.6 Å². The number of fused-ring (bicyclic) bond motifs is 1. The molecule has 0 unspecified atom stereocenters. The Kier molecular flexibility index (Phi) is 6.46. The lowest BCUT2D eigenvalue weighted by molar-refractivity contribution is -0.121. The van der Waals surface area contributed by atoms with Gasteiger partial charge < -0.3 is 10.2 Å². The summed E-state index contributed by atoms with van der Waals surface area (Å²) in [4.78, 5) is 55.2. The molecule has 164 valence electrons. The number of hydrogen-bond acceptors (Lipinski definition) is 6. The van der Waals surface area contributed by atoms with E-state index >= 15 is 0 Å². The number of nitrogens with zero attached hydrogens (tertiary/aromatic N) is 2. The number of piperidine rings is 2. The molecule has 8 heteroatoms. The predicted octanol–water partition coefficient (Wildman–Crippen LogP) is 2.07. The maximum Gasteiger partial charge on any atom is 0.326 e. The average Bonchev–Trinajstić information content (AvgIpc) is 2.78. The van der Waals surface area contributed by atoms with Crippen molar-refractivity contribution in [1.82, 2.24) is 20.4 Å². The van der Waals surface area contributed by atoms with Crippen LogP contribution >= 0.6 is 0 Å². The third-order valence-corrected chi connectivity index (χ3v) is 6.07. The Hall–Kier alpha value is -3.00. The zero-order valence-electron chi connectivity index (χ0n) is 17.6. The van der Waals surface area contributed by atoms with Crippen molar-refractivity contribution >= 4 is 23.5 Å². The number of ketones is 2. The second-order valence-electron chi connectivity index (χ2n) is 8.31. The number of benzene rings is 1. The predicted molar refractivity (Wildman–Crippen MR) is 115 cm³/mol. The van der Waals surface area contributed by atoms with Crippen molar-refractivity contribution < 1.29 is 19.2 Å². The molecule has 3 amide bonds. The Balaban J connectivity index is 1.53. The van der Waals surface area contributed by atoms with Crippen LogP contribution in [-0.2, 0) is 4.79 Å². The molecule has 4 rings (SSSR count). The van der Waals surface area contributed by atoms with Crippen LogP contribution in [0, 0.1) is 0 Å². The Morgan fingerprint density at radius 2 is 1.39 bits per heavy atom. The van der Waals surface area contributed by atoms with Crippen LogP contribution in [0.15, 0.2) is 35.7 Å². The fraction of sp³-hybridized carbons (Fsp3) is 0.478. The molecule has 1 aromatic carbocycles. The molecule has 2 fully saturated rings. The molecule has 2 N–H and O–H groups in total. The van der Waals surface area contributed by atoms with Crippen molar-refractivity contribution in [2.75, 3.05) is 32.7 Å². The highest BCUT2D eigenvalue weighted by molar-refractivity contribution is 6.27. The number of carbonyl (C=O) groups is 4. The van der Waals surface area contributed by atoms with Gasteiger partial charge in [0, 0.05) is 24.2 Å². The van der Waals surface area contributed by atoms with Gasteiger partial charge in [-0.1, -0.05) is 30.7 Å². The minimum atomic E-state index is -0.785. The summed E-state index contributed by atoms with van der Waals surface area (Å²) >= 11 is 0. The second-order valence-corrected chi connectivity index (χ2v) is 8.31. The molecule has 0 bridgehead atoms. The van der Waals surface area contributed by atoms with E-state index in [2.05, 4.69) is 10.6 Å². The number of Topliss-reactive ketones (excluding diaryl/α,β-unsaturated/α-hetero) is 2. The first-order valence-electron chi connectivity index (χ1n) is 11.1.